The van der Waals surface area contributed by atoms with Crippen LogP contribution in [0.3, 0.4) is 0 Å². The first-order chi connectivity index (χ1) is 12.2. The van der Waals surface area contributed by atoms with E-state index >= 15 is 0 Å². The maximum absolute atomic E-state index is 11.6. The highest BCUT2D eigenvalue weighted by molar-refractivity contribution is 5.96. The standard InChI is InChI=1S/C21H25N2O2/c1-2-25-19-13-11-18(12-14-19)22-16-21(24,17-8-4-3-5-9-17)23-15-7-6-10-20(22)23/h3-5,8-9,11-14,24H,2,6-7,10,15-16H2,1H3/q+1/t21-/m0/s1. The zero-order chi connectivity index (χ0) is 17.3. The zero-order valence-corrected chi connectivity index (χ0v) is 14.7. The van der Waals surface area contributed by atoms with Crippen LogP contribution < -0.4 is 9.64 Å². The van der Waals surface area contributed by atoms with E-state index < -0.39 is 5.72 Å². The molecule has 2 aromatic rings. The molecule has 0 unspecified atom stereocenters. The molecule has 1 N–H and O–H groups in total. The number of hydrogen-bond donors (Lipinski definition) is 1. The SMILES string of the molecule is CCOc1ccc(N2C[C@](O)(c3ccccc3)[N+]3=C2CCCC3)cc1. The summed E-state index contributed by atoms with van der Waals surface area (Å²) < 4.78 is 7.75. The minimum Gasteiger partial charge on any atom is -0.494 e. The third kappa shape index (κ3) is 2.81. The van der Waals surface area contributed by atoms with Crippen molar-refractivity contribution >= 4 is 11.5 Å². The Morgan fingerprint density at radius 2 is 1.84 bits per heavy atom. The summed E-state index contributed by atoms with van der Waals surface area (Å²) in [5.74, 6) is 2.11. The Morgan fingerprint density at radius 1 is 1.08 bits per heavy atom. The highest BCUT2D eigenvalue weighted by Crippen LogP contribution is 2.36. The molecule has 2 aromatic carbocycles. The highest BCUT2D eigenvalue weighted by atomic mass is 16.5. The predicted molar refractivity (Wildman–Crippen MR) is 99.3 cm³/mol. The number of nitrogens with zero attached hydrogens (tertiary/aromatic N) is 2. The average molecular weight is 337 g/mol. The van der Waals surface area contributed by atoms with Gasteiger partial charge < -0.3 is 9.84 Å². The number of anilines is 1. The Morgan fingerprint density at radius 3 is 2.56 bits per heavy atom. The van der Waals surface area contributed by atoms with E-state index in [1.165, 1.54) is 12.3 Å². The number of β-amino-alcohol motifs (C(OH)–C–C–N with tert-alkyl or cyclic N) is 1. The molecule has 0 radical (unpaired) electrons. The van der Waals surface area contributed by atoms with E-state index in [9.17, 15) is 5.11 Å². The van der Waals surface area contributed by atoms with Crippen molar-refractivity contribution in [2.75, 3.05) is 24.6 Å². The first-order valence-corrected chi connectivity index (χ1v) is 9.14. The second-order valence-corrected chi connectivity index (χ2v) is 6.72. The number of rotatable bonds is 4. The lowest BCUT2D eigenvalue weighted by molar-refractivity contribution is -0.661. The smallest absolute Gasteiger partial charge is 0.271 e. The molecule has 0 aromatic heterocycles. The Bertz CT molecular complexity index is 770. The van der Waals surface area contributed by atoms with Crippen LogP contribution in [0.4, 0.5) is 5.69 Å². The molecule has 0 bridgehead atoms. The third-order valence-electron chi connectivity index (χ3n) is 5.18. The number of aliphatic hydroxyl groups is 1. The molecule has 0 fully saturated rings. The number of benzene rings is 2. The van der Waals surface area contributed by atoms with Gasteiger partial charge in [-0.1, -0.05) is 30.3 Å². The van der Waals surface area contributed by atoms with E-state index in [-0.39, 0.29) is 0 Å². The largest absolute Gasteiger partial charge is 0.494 e. The van der Waals surface area contributed by atoms with Gasteiger partial charge in [-0.15, -0.1) is 0 Å². The highest BCUT2D eigenvalue weighted by Gasteiger charge is 2.52. The van der Waals surface area contributed by atoms with Crippen LogP contribution >= 0.6 is 0 Å². The minimum absolute atomic E-state index is 0.556. The molecule has 2 aliphatic rings. The molecule has 0 amide bonds. The van der Waals surface area contributed by atoms with Crippen LogP contribution in [0.1, 0.15) is 31.7 Å². The maximum atomic E-state index is 11.6. The summed E-state index contributed by atoms with van der Waals surface area (Å²) in [5, 5.41) is 11.6. The van der Waals surface area contributed by atoms with Crippen molar-refractivity contribution in [3.63, 3.8) is 0 Å². The number of ether oxygens (including phenoxy) is 1. The molecule has 130 valence electrons. The molecule has 4 rings (SSSR count). The van der Waals surface area contributed by atoms with Gasteiger partial charge in [0.2, 0.25) is 0 Å². The van der Waals surface area contributed by atoms with E-state index in [4.69, 9.17) is 4.74 Å². The van der Waals surface area contributed by atoms with Gasteiger partial charge in [0.1, 0.15) is 11.4 Å². The molecule has 0 aliphatic carbocycles. The minimum atomic E-state index is -0.963. The Balaban J connectivity index is 1.72. The summed E-state index contributed by atoms with van der Waals surface area (Å²) in [7, 11) is 0. The summed E-state index contributed by atoms with van der Waals surface area (Å²) in [6.45, 7) is 4.11. The summed E-state index contributed by atoms with van der Waals surface area (Å²) >= 11 is 0. The molecule has 0 saturated heterocycles. The van der Waals surface area contributed by atoms with Crippen molar-refractivity contribution < 1.29 is 14.4 Å². The molecule has 2 heterocycles. The molecular formula is C21H25N2O2+. The lowest BCUT2D eigenvalue weighted by Crippen LogP contribution is -2.41. The van der Waals surface area contributed by atoms with Gasteiger partial charge in [0.05, 0.1) is 13.2 Å². The molecule has 25 heavy (non-hydrogen) atoms. The zero-order valence-electron chi connectivity index (χ0n) is 14.7. The van der Waals surface area contributed by atoms with Crippen LogP contribution in [0.2, 0.25) is 0 Å². The summed E-state index contributed by atoms with van der Waals surface area (Å²) in [4.78, 5) is 2.27. The van der Waals surface area contributed by atoms with E-state index in [0.717, 1.165) is 36.4 Å². The fourth-order valence-corrected chi connectivity index (χ4v) is 3.97. The van der Waals surface area contributed by atoms with Crippen LogP contribution in [0.25, 0.3) is 0 Å². The van der Waals surface area contributed by atoms with Gasteiger partial charge in [-0.05, 0) is 44.0 Å². The molecular weight excluding hydrogens is 312 g/mol. The van der Waals surface area contributed by atoms with Gasteiger partial charge in [-0.25, -0.2) is 9.48 Å². The monoisotopic (exact) mass is 337 g/mol. The molecule has 2 aliphatic heterocycles. The van der Waals surface area contributed by atoms with Crippen molar-refractivity contribution in [1.29, 1.82) is 0 Å². The van der Waals surface area contributed by atoms with Crippen LogP contribution in [0.15, 0.2) is 54.6 Å². The first-order valence-electron chi connectivity index (χ1n) is 9.14. The van der Waals surface area contributed by atoms with Crippen molar-refractivity contribution in [3.8, 4) is 5.75 Å². The van der Waals surface area contributed by atoms with Gasteiger partial charge >= 0.3 is 0 Å². The molecule has 1 atom stereocenters. The van der Waals surface area contributed by atoms with Crippen LogP contribution in [-0.4, -0.2) is 35.2 Å². The molecule has 0 saturated carbocycles. The average Bonchev–Trinajstić information content (AvgIpc) is 2.98. The van der Waals surface area contributed by atoms with Crippen LogP contribution in [-0.2, 0) is 5.72 Å². The van der Waals surface area contributed by atoms with Gasteiger partial charge in [0, 0.05) is 12.0 Å². The molecule has 4 nitrogen and oxygen atoms in total. The van der Waals surface area contributed by atoms with Crippen LogP contribution in [0.5, 0.6) is 5.75 Å². The number of hydrogen-bond acceptors (Lipinski definition) is 3. The normalized spacial score (nSPS) is 22.9. The first kappa shape index (κ1) is 16.2. The number of amidine groups is 1. The second-order valence-electron chi connectivity index (χ2n) is 6.72. The topological polar surface area (TPSA) is 35.7 Å². The predicted octanol–water partition coefficient (Wildman–Crippen LogP) is 3.35. The van der Waals surface area contributed by atoms with Crippen molar-refractivity contribution in [2.45, 2.75) is 31.9 Å². The van der Waals surface area contributed by atoms with E-state index in [1.54, 1.807) is 0 Å². The van der Waals surface area contributed by atoms with Crippen molar-refractivity contribution in [3.05, 3.63) is 60.2 Å². The lowest BCUT2D eigenvalue weighted by atomic mass is 10.0. The Hall–Kier alpha value is -2.33. The van der Waals surface area contributed by atoms with Crippen molar-refractivity contribution in [1.82, 2.24) is 0 Å². The Kier molecular flexibility index (Phi) is 4.22. The molecule has 4 heteroatoms. The van der Waals surface area contributed by atoms with Gasteiger partial charge in [-0.3, -0.25) is 0 Å². The van der Waals surface area contributed by atoms with Gasteiger partial charge in [0.15, 0.2) is 6.54 Å². The van der Waals surface area contributed by atoms with Gasteiger partial charge in [-0.2, -0.15) is 0 Å². The maximum Gasteiger partial charge on any atom is 0.271 e. The fraction of sp³-hybridized carbons (Fsp3) is 0.381. The fourth-order valence-electron chi connectivity index (χ4n) is 3.97. The Labute approximate surface area is 149 Å². The summed E-state index contributed by atoms with van der Waals surface area (Å²) in [6.07, 6.45) is 3.29. The molecule has 0 spiro atoms. The second kappa shape index (κ2) is 6.52. The lowest BCUT2D eigenvalue weighted by Gasteiger charge is -2.24. The van der Waals surface area contributed by atoms with E-state index in [1.807, 2.05) is 49.4 Å². The third-order valence-corrected chi connectivity index (χ3v) is 5.18. The summed E-state index contributed by atoms with van der Waals surface area (Å²) in [5.41, 5.74) is 1.11. The van der Waals surface area contributed by atoms with E-state index in [0.29, 0.717) is 13.2 Å². The quantitative estimate of drug-likeness (QED) is 0.869. The van der Waals surface area contributed by atoms with Crippen molar-refractivity contribution in [2.24, 2.45) is 0 Å². The van der Waals surface area contributed by atoms with E-state index in [2.05, 4.69) is 21.6 Å². The van der Waals surface area contributed by atoms with Gasteiger partial charge in [0.25, 0.3) is 11.6 Å². The summed E-state index contributed by atoms with van der Waals surface area (Å²) in [6, 6.07) is 18.2. The van der Waals surface area contributed by atoms with Crippen LogP contribution in [0, 0.1) is 0 Å².